The first kappa shape index (κ1) is 12.4. The molecule has 0 aliphatic carbocycles. The second-order valence-corrected chi connectivity index (χ2v) is 4.31. The third-order valence-electron chi connectivity index (χ3n) is 2.43. The predicted octanol–water partition coefficient (Wildman–Crippen LogP) is 1.59. The summed E-state index contributed by atoms with van der Waals surface area (Å²) in [7, 11) is 1.82. The van der Waals surface area contributed by atoms with E-state index in [0.717, 1.165) is 5.69 Å². The maximum Gasteiger partial charge on any atom is 0.253 e. The van der Waals surface area contributed by atoms with Crippen molar-refractivity contribution >= 4 is 23.2 Å². The molecule has 1 amide bonds. The van der Waals surface area contributed by atoms with Crippen LogP contribution in [0.3, 0.4) is 0 Å². The van der Waals surface area contributed by atoms with Crippen LogP contribution in [-0.2, 0) is 13.6 Å². The summed E-state index contributed by atoms with van der Waals surface area (Å²) < 4.78 is 1.68. The summed E-state index contributed by atoms with van der Waals surface area (Å²) in [5, 5.41) is 7.28. The minimum Gasteiger partial charge on any atom is -0.399 e. The fourth-order valence-electron chi connectivity index (χ4n) is 1.54. The van der Waals surface area contributed by atoms with E-state index in [1.165, 1.54) is 0 Å². The van der Waals surface area contributed by atoms with Gasteiger partial charge in [0, 0.05) is 18.9 Å². The van der Waals surface area contributed by atoms with Crippen molar-refractivity contribution in [2.75, 3.05) is 5.73 Å². The number of amides is 1. The Hall–Kier alpha value is -2.01. The van der Waals surface area contributed by atoms with Crippen LogP contribution in [0.4, 0.5) is 5.69 Å². The fourth-order valence-corrected chi connectivity index (χ4v) is 1.74. The maximum atomic E-state index is 11.9. The zero-order chi connectivity index (χ0) is 13.1. The number of hydrogen-bond acceptors (Lipinski definition) is 3. The minimum atomic E-state index is -0.266. The molecule has 0 spiro atoms. The number of benzene rings is 1. The van der Waals surface area contributed by atoms with Crippen LogP contribution in [0.5, 0.6) is 0 Å². The molecule has 0 radical (unpaired) electrons. The lowest BCUT2D eigenvalue weighted by Gasteiger charge is -2.06. The van der Waals surface area contributed by atoms with Crippen LogP contribution in [-0.4, -0.2) is 15.7 Å². The van der Waals surface area contributed by atoms with Crippen molar-refractivity contribution in [1.29, 1.82) is 0 Å². The minimum absolute atomic E-state index is 0.266. The summed E-state index contributed by atoms with van der Waals surface area (Å²) in [5.74, 6) is -0.266. The molecule has 0 atom stereocenters. The van der Waals surface area contributed by atoms with Gasteiger partial charge in [0.15, 0.2) is 0 Å². The normalized spacial score (nSPS) is 10.3. The lowest BCUT2D eigenvalue weighted by molar-refractivity contribution is 0.0950. The smallest absolute Gasteiger partial charge is 0.253 e. The van der Waals surface area contributed by atoms with Crippen molar-refractivity contribution < 1.29 is 4.79 Å². The standard InChI is InChI=1S/C12H13ClN4O/c1-17-5-4-9(16-17)7-15-12(18)10-6-8(14)2-3-11(10)13/h2-6H,7,14H2,1H3,(H,15,18). The van der Waals surface area contributed by atoms with E-state index in [1.807, 2.05) is 19.3 Å². The predicted molar refractivity (Wildman–Crippen MR) is 70.2 cm³/mol. The van der Waals surface area contributed by atoms with Gasteiger partial charge < -0.3 is 11.1 Å². The molecule has 0 saturated carbocycles. The van der Waals surface area contributed by atoms with E-state index in [0.29, 0.717) is 22.8 Å². The number of halogens is 1. The molecule has 3 N–H and O–H groups in total. The number of nitrogens with two attached hydrogens (primary N) is 1. The molecule has 0 bridgehead atoms. The molecule has 1 aromatic carbocycles. The molecular formula is C12H13ClN4O. The summed E-state index contributed by atoms with van der Waals surface area (Å²) in [5.41, 5.74) is 7.28. The SMILES string of the molecule is Cn1ccc(CNC(=O)c2cc(N)ccc2Cl)n1. The highest BCUT2D eigenvalue weighted by Crippen LogP contribution is 2.18. The Balaban J connectivity index is 2.05. The zero-order valence-corrected chi connectivity index (χ0v) is 10.6. The molecule has 6 heteroatoms. The lowest BCUT2D eigenvalue weighted by Crippen LogP contribution is -2.23. The first-order valence-corrected chi connectivity index (χ1v) is 5.76. The third kappa shape index (κ3) is 2.81. The first-order chi connectivity index (χ1) is 8.56. The van der Waals surface area contributed by atoms with Crippen molar-refractivity contribution in [2.24, 2.45) is 7.05 Å². The number of nitrogen functional groups attached to an aromatic ring is 1. The number of anilines is 1. The quantitative estimate of drug-likeness (QED) is 0.827. The van der Waals surface area contributed by atoms with Gasteiger partial charge in [-0.2, -0.15) is 5.10 Å². The summed E-state index contributed by atoms with van der Waals surface area (Å²) in [6.07, 6.45) is 1.81. The molecule has 0 aliphatic heterocycles. The Bertz CT molecular complexity index is 579. The van der Waals surface area contributed by atoms with E-state index in [2.05, 4.69) is 10.4 Å². The second-order valence-electron chi connectivity index (χ2n) is 3.90. The van der Waals surface area contributed by atoms with Crippen LogP contribution >= 0.6 is 11.6 Å². The second kappa shape index (κ2) is 5.10. The summed E-state index contributed by atoms with van der Waals surface area (Å²) >= 11 is 5.94. The maximum absolute atomic E-state index is 11.9. The van der Waals surface area contributed by atoms with Crippen LogP contribution < -0.4 is 11.1 Å². The number of rotatable bonds is 3. The monoisotopic (exact) mass is 264 g/mol. The van der Waals surface area contributed by atoms with Gasteiger partial charge in [0.25, 0.3) is 5.91 Å². The molecule has 1 heterocycles. The van der Waals surface area contributed by atoms with Gasteiger partial charge in [-0.15, -0.1) is 0 Å². The number of carbonyl (C=O) groups excluding carboxylic acids is 1. The van der Waals surface area contributed by atoms with Crippen molar-refractivity contribution in [3.05, 3.63) is 46.7 Å². The van der Waals surface area contributed by atoms with Gasteiger partial charge >= 0.3 is 0 Å². The van der Waals surface area contributed by atoms with E-state index in [4.69, 9.17) is 17.3 Å². The molecule has 2 aromatic rings. The Morgan fingerprint density at radius 2 is 2.28 bits per heavy atom. The Morgan fingerprint density at radius 3 is 2.94 bits per heavy atom. The highest BCUT2D eigenvalue weighted by atomic mass is 35.5. The Morgan fingerprint density at radius 1 is 1.50 bits per heavy atom. The molecule has 18 heavy (non-hydrogen) atoms. The lowest BCUT2D eigenvalue weighted by atomic mass is 10.2. The Labute approximate surface area is 110 Å². The topological polar surface area (TPSA) is 72.9 Å². The average molecular weight is 265 g/mol. The van der Waals surface area contributed by atoms with Crippen LogP contribution in [0.2, 0.25) is 5.02 Å². The van der Waals surface area contributed by atoms with Crippen molar-refractivity contribution in [3.63, 3.8) is 0 Å². The molecule has 5 nitrogen and oxygen atoms in total. The van der Waals surface area contributed by atoms with Crippen LogP contribution in [0, 0.1) is 0 Å². The third-order valence-corrected chi connectivity index (χ3v) is 2.76. The molecule has 1 aromatic heterocycles. The molecule has 0 aliphatic rings. The fraction of sp³-hybridized carbons (Fsp3) is 0.167. The van der Waals surface area contributed by atoms with E-state index < -0.39 is 0 Å². The van der Waals surface area contributed by atoms with Gasteiger partial charge in [-0.05, 0) is 24.3 Å². The van der Waals surface area contributed by atoms with E-state index in [-0.39, 0.29) is 5.91 Å². The number of nitrogens with zero attached hydrogens (tertiary/aromatic N) is 2. The van der Waals surface area contributed by atoms with Gasteiger partial charge in [0.2, 0.25) is 0 Å². The van der Waals surface area contributed by atoms with Crippen LogP contribution in [0.1, 0.15) is 16.1 Å². The van der Waals surface area contributed by atoms with Gasteiger partial charge in [-0.1, -0.05) is 11.6 Å². The Kier molecular flexibility index (Phi) is 3.53. The van der Waals surface area contributed by atoms with E-state index in [9.17, 15) is 4.79 Å². The highest BCUT2D eigenvalue weighted by molar-refractivity contribution is 6.34. The van der Waals surface area contributed by atoms with Gasteiger partial charge in [0.1, 0.15) is 0 Å². The van der Waals surface area contributed by atoms with Crippen molar-refractivity contribution in [2.45, 2.75) is 6.54 Å². The van der Waals surface area contributed by atoms with Crippen molar-refractivity contribution in [3.8, 4) is 0 Å². The highest BCUT2D eigenvalue weighted by Gasteiger charge is 2.10. The van der Waals surface area contributed by atoms with Gasteiger partial charge in [0.05, 0.1) is 22.8 Å². The molecule has 0 saturated heterocycles. The number of aromatic nitrogens is 2. The molecule has 94 valence electrons. The molecule has 0 fully saturated rings. The largest absolute Gasteiger partial charge is 0.399 e. The zero-order valence-electron chi connectivity index (χ0n) is 9.85. The molecular weight excluding hydrogens is 252 g/mol. The van der Waals surface area contributed by atoms with Gasteiger partial charge in [-0.3, -0.25) is 9.48 Å². The van der Waals surface area contributed by atoms with E-state index >= 15 is 0 Å². The van der Waals surface area contributed by atoms with Gasteiger partial charge in [-0.25, -0.2) is 0 Å². The van der Waals surface area contributed by atoms with Crippen LogP contribution in [0.25, 0.3) is 0 Å². The summed E-state index contributed by atoms with van der Waals surface area (Å²) in [6, 6.07) is 6.64. The van der Waals surface area contributed by atoms with Crippen molar-refractivity contribution in [1.82, 2.24) is 15.1 Å². The van der Waals surface area contributed by atoms with E-state index in [1.54, 1.807) is 22.9 Å². The number of hydrogen-bond donors (Lipinski definition) is 2. The summed E-state index contributed by atoms with van der Waals surface area (Å²) in [6.45, 7) is 0.352. The summed E-state index contributed by atoms with van der Waals surface area (Å²) in [4.78, 5) is 11.9. The first-order valence-electron chi connectivity index (χ1n) is 5.38. The molecule has 0 unspecified atom stereocenters. The van der Waals surface area contributed by atoms with Crippen LogP contribution in [0.15, 0.2) is 30.5 Å². The number of aryl methyl sites for hydroxylation is 1. The number of carbonyl (C=O) groups is 1. The number of nitrogens with one attached hydrogen (secondary N) is 1. The molecule has 2 rings (SSSR count). The average Bonchev–Trinajstić information content (AvgIpc) is 2.75.